The molecule has 7 heteroatoms. The van der Waals surface area contributed by atoms with Gasteiger partial charge < -0.3 is 10.6 Å². The van der Waals surface area contributed by atoms with Crippen molar-refractivity contribution in [1.82, 2.24) is 14.9 Å². The molecule has 20 heavy (non-hydrogen) atoms. The molecule has 0 aromatic carbocycles. The molecule has 6 nitrogen and oxygen atoms in total. The minimum Gasteiger partial charge on any atom is -0.356 e. The van der Waals surface area contributed by atoms with E-state index in [4.69, 9.17) is 0 Å². The van der Waals surface area contributed by atoms with E-state index in [0.717, 1.165) is 12.4 Å². The van der Waals surface area contributed by atoms with Crippen LogP contribution in [-0.4, -0.2) is 57.7 Å². The molecule has 0 fully saturated rings. The summed E-state index contributed by atoms with van der Waals surface area (Å²) in [4.78, 5) is 4.15. The number of rotatable bonds is 8. The van der Waals surface area contributed by atoms with Crippen LogP contribution in [0.25, 0.3) is 0 Å². The first kappa shape index (κ1) is 19.2. The van der Waals surface area contributed by atoms with Crippen LogP contribution >= 0.6 is 0 Å². The summed E-state index contributed by atoms with van der Waals surface area (Å²) in [5, 5.41) is 6.50. The maximum atomic E-state index is 11.6. The second kappa shape index (κ2) is 9.18. The van der Waals surface area contributed by atoms with Crippen LogP contribution in [0, 0.1) is 5.92 Å². The van der Waals surface area contributed by atoms with E-state index in [1.165, 1.54) is 4.31 Å². The van der Waals surface area contributed by atoms with Gasteiger partial charge in [0.25, 0.3) is 0 Å². The van der Waals surface area contributed by atoms with Crippen LogP contribution in [0.15, 0.2) is 4.99 Å². The van der Waals surface area contributed by atoms with Gasteiger partial charge in [-0.15, -0.1) is 0 Å². The first-order valence-electron chi connectivity index (χ1n) is 7.15. The summed E-state index contributed by atoms with van der Waals surface area (Å²) in [5.74, 6) is 1.42. The summed E-state index contributed by atoms with van der Waals surface area (Å²) in [5.41, 5.74) is 0. The van der Waals surface area contributed by atoms with E-state index < -0.39 is 10.0 Å². The Hall–Kier alpha value is -0.820. The smallest absolute Gasteiger partial charge is 0.213 e. The van der Waals surface area contributed by atoms with E-state index in [-0.39, 0.29) is 5.75 Å². The molecule has 2 N–H and O–H groups in total. The van der Waals surface area contributed by atoms with Crippen LogP contribution < -0.4 is 10.6 Å². The number of sulfonamides is 1. The maximum Gasteiger partial charge on any atom is 0.213 e. The van der Waals surface area contributed by atoms with Gasteiger partial charge in [0.05, 0.1) is 5.75 Å². The van der Waals surface area contributed by atoms with Gasteiger partial charge in [-0.05, 0) is 26.2 Å². The molecule has 0 heterocycles. The van der Waals surface area contributed by atoms with Crippen molar-refractivity contribution in [3.8, 4) is 0 Å². The SMILES string of the molecule is CCS(=O)(=O)N(C)CCCNC(=NC)NC(C)C(C)C. The highest BCUT2D eigenvalue weighted by molar-refractivity contribution is 7.89. The Kier molecular flexibility index (Phi) is 8.80. The maximum absolute atomic E-state index is 11.6. The number of hydrogen-bond donors (Lipinski definition) is 2. The molecule has 0 saturated carbocycles. The van der Waals surface area contributed by atoms with E-state index in [9.17, 15) is 8.42 Å². The van der Waals surface area contributed by atoms with Gasteiger partial charge in [-0.3, -0.25) is 4.99 Å². The molecule has 0 amide bonds. The van der Waals surface area contributed by atoms with Gasteiger partial charge in [-0.25, -0.2) is 12.7 Å². The lowest BCUT2D eigenvalue weighted by atomic mass is 10.1. The third-order valence-electron chi connectivity index (χ3n) is 3.37. The Morgan fingerprint density at radius 1 is 1.30 bits per heavy atom. The van der Waals surface area contributed by atoms with Crippen LogP contribution in [0.5, 0.6) is 0 Å². The normalized spacial score (nSPS) is 14.7. The van der Waals surface area contributed by atoms with Crippen LogP contribution in [-0.2, 0) is 10.0 Å². The number of nitrogens with one attached hydrogen (secondary N) is 2. The van der Waals surface area contributed by atoms with Crippen molar-refractivity contribution < 1.29 is 8.42 Å². The van der Waals surface area contributed by atoms with Crippen molar-refractivity contribution in [3.63, 3.8) is 0 Å². The number of aliphatic imine (C=N–C) groups is 1. The van der Waals surface area contributed by atoms with Crippen LogP contribution in [0.2, 0.25) is 0 Å². The molecule has 0 aliphatic rings. The Bertz CT molecular complexity index is 393. The Labute approximate surface area is 124 Å². The van der Waals surface area contributed by atoms with Gasteiger partial charge in [0, 0.05) is 33.2 Å². The zero-order valence-corrected chi connectivity index (χ0v) is 14.4. The van der Waals surface area contributed by atoms with Crippen molar-refractivity contribution in [3.05, 3.63) is 0 Å². The molecular weight excluding hydrogens is 276 g/mol. The number of guanidine groups is 1. The summed E-state index contributed by atoms with van der Waals surface area (Å²) in [6, 6.07) is 0.337. The van der Waals surface area contributed by atoms with Crippen molar-refractivity contribution in [2.75, 3.05) is 32.9 Å². The summed E-state index contributed by atoms with van der Waals surface area (Å²) in [6.07, 6.45) is 0.743. The zero-order chi connectivity index (χ0) is 15.8. The predicted molar refractivity (Wildman–Crippen MR) is 85.5 cm³/mol. The molecule has 120 valence electrons. The van der Waals surface area contributed by atoms with Crippen molar-refractivity contribution in [2.24, 2.45) is 10.9 Å². The Balaban J connectivity index is 4.05. The molecule has 0 radical (unpaired) electrons. The molecule has 1 unspecified atom stereocenters. The second-order valence-corrected chi connectivity index (χ2v) is 7.62. The second-order valence-electron chi connectivity index (χ2n) is 5.25. The summed E-state index contributed by atoms with van der Waals surface area (Å²) in [6.45, 7) is 9.27. The van der Waals surface area contributed by atoms with Gasteiger partial charge >= 0.3 is 0 Å². The predicted octanol–water partition coefficient (Wildman–Crippen LogP) is 0.868. The first-order chi connectivity index (χ1) is 9.24. The van der Waals surface area contributed by atoms with Crippen molar-refractivity contribution in [1.29, 1.82) is 0 Å². The van der Waals surface area contributed by atoms with E-state index in [2.05, 4.69) is 36.4 Å². The highest BCUT2D eigenvalue weighted by atomic mass is 32.2. The minimum atomic E-state index is -3.08. The monoisotopic (exact) mass is 306 g/mol. The molecule has 0 aromatic heterocycles. The molecule has 0 saturated heterocycles. The topological polar surface area (TPSA) is 73.8 Å². The molecule has 0 rings (SSSR count). The van der Waals surface area contributed by atoms with Gasteiger partial charge in [0.2, 0.25) is 10.0 Å². The molecule has 1 atom stereocenters. The van der Waals surface area contributed by atoms with Gasteiger partial charge in [0.1, 0.15) is 0 Å². The van der Waals surface area contributed by atoms with Crippen molar-refractivity contribution in [2.45, 2.75) is 40.2 Å². The summed E-state index contributed by atoms with van der Waals surface area (Å²) >= 11 is 0. The quantitative estimate of drug-likeness (QED) is 0.396. The highest BCUT2D eigenvalue weighted by Crippen LogP contribution is 2.00. The lowest BCUT2D eigenvalue weighted by Gasteiger charge is -2.21. The summed E-state index contributed by atoms with van der Waals surface area (Å²) < 4.78 is 24.6. The fourth-order valence-corrected chi connectivity index (χ4v) is 2.29. The van der Waals surface area contributed by atoms with Crippen LogP contribution in [0.4, 0.5) is 0 Å². The van der Waals surface area contributed by atoms with E-state index >= 15 is 0 Å². The molecular formula is C13H30N4O2S. The lowest BCUT2D eigenvalue weighted by Crippen LogP contribution is -2.44. The summed E-state index contributed by atoms with van der Waals surface area (Å²) in [7, 11) is 0.275. The third kappa shape index (κ3) is 7.09. The largest absolute Gasteiger partial charge is 0.356 e. The number of hydrogen-bond acceptors (Lipinski definition) is 3. The fraction of sp³-hybridized carbons (Fsp3) is 0.923. The molecule has 0 bridgehead atoms. The minimum absolute atomic E-state index is 0.145. The highest BCUT2D eigenvalue weighted by Gasteiger charge is 2.14. The Morgan fingerprint density at radius 3 is 2.35 bits per heavy atom. The van der Waals surface area contributed by atoms with E-state index in [1.54, 1.807) is 21.0 Å². The van der Waals surface area contributed by atoms with Gasteiger partial charge in [-0.2, -0.15) is 0 Å². The van der Waals surface area contributed by atoms with Crippen molar-refractivity contribution >= 4 is 16.0 Å². The number of nitrogens with zero attached hydrogens (tertiary/aromatic N) is 2. The third-order valence-corrected chi connectivity index (χ3v) is 5.23. The van der Waals surface area contributed by atoms with Gasteiger partial charge in [-0.1, -0.05) is 13.8 Å². The Morgan fingerprint density at radius 2 is 1.90 bits per heavy atom. The average molecular weight is 306 g/mol. The van der Waals surface area contributed by atoms with E-state index in [1.807, 2.05) is 0 Å². The van der Waals surface area contributed by atoms with Crippen LogP contribution in [0.3, 0.4) is 0 Å². The molecule has 0 aliphatic heterocycles. The standard InChI is InChI=1S/C13H30N4O2S/c1-7-20(18,19)17(6)10-8-9-15-13(14-5)16-12(4)11(2)3/h11-12H,7-10H2,1-6H3,(H2,14,15,16). The van der Waals surface area contributed by atoms with Gasteiger partial charge in [0.15, 0.2) is 5.96 Å². The molecule has 0 spiro atoms. The molecule has 0 aromatic rings. The van der Waals surface area contributed by atoms with E-state index in [0.29, 0.717) is 25.0 Å². The average Bonchev–Trinajstić information content (AvgIpc) is 2.41. The molecule has 0 aliphatic carbocycles. The first-order valence-corrected chi connectivity index (χ1v) is 8.76. The zero-order valence-electron chi connectivity index (χ0n) is 13.6. The van der Waals surface area contributed by atoms with Crippen LogP contribution in [0.1, 0.15) is 34.1 Å². The lowest BCUT2D eigenvalue weighted by molar-refractivity contribution is 0.458. The fourth-order valence-electron chi connectivity index (χ4n) is 1.44.